The molecule has 0 spiro atoms. The first-order valence-electron chi connectivity index (χ1n) is 6.94. The van der Waals surface area contributed by atoms with Crippen molar-refractivity contribution in [2.75, 3.05) is 19.6 Å². The lowest BCUT2D eigenvalue weighted by Gasteiger charge is -2.32. The minimum atomic E-state index is 0.140. The van der Waals surface area contributed by atoms with Gasteiger partial charge in [-0.2, -0.15) is 0 Å². The van der Waals surface area contributed by atoms with Gasteiger partial charge in [0.2, 0.25) is 0 Å². The molecular weight excluding hydrogens is 214 g/mol. The Morgan fingerprint density at radius 3 is 2.47 bits per heavy atom. The Balaban J connectivity index is 1.83. The predicted octanol–water partition coefficient (Wildman–Crippen LogP) is 1.57. The summed E-state index contributed by atoms with van der Waals surface area (Å²) < 4.78 is 0. The van der Waals surface area contributed by atoms with E-state index in [9.17, 15) is 4.79 Å². The topological polar surface area (TPSA) is 44.4 Å². The van der Waals surface area contributed by atoms with Crippen LogP contribution in [-0.4, -0.2) is 42.6 Å². The van der Waals surface area contributed by atoms with Gasteiger partial charge in [-0.25, -0.2) is 4.79 Å². The lowest BCUT2D eigenvalue weighted by Crippen LogP contribution is -2.48. The van der Waals surface area contributed by atoms with E-state index in [4.69, 9.17) is 0 Å². The number of nitrogens with zero attached hydrogens (tertiary/aromatic N) is 1. The van der Waals surface area contributed by atoms with Crippen molar-refractivity contribution >= 4 is 6.03 Å². The average molecular weight is 239 g/mol. The van der Waals surface area contributed by atoms with Crippen LogP contribution in [-0.2, 0) is 0 Å². The molecule has 1 aliphatic carbocycles. The van der Waals surface area contributed by atoms with Crippen molar-refractivity contribution in [3.8, 4) is 0 Å². The van der Waals surface area contributed by atoms with E-state index in [0.717, 1.165) is 32.5 Å². The number of urea groups is 1. The Labute approximate surface area is 104 Å². The highest BCUT2D eigenvalue weighted by molar-refractivity contribution is 5.75. The zero-order chi connectivity index (χ0) is 12.3. The molecule has 0 unspecified atom stereocenters. The van der Waals surface area contributed by atoms with Gasteiger partial charge in [-0.3, -0.25) is 0 Å². The molecule has 1 saturated carbocycles. The van der Waals surface area contributed by atoms with E-state index >= 15 is 0 Å². The second-order valence-electron chi connectivity index (χ2n) is 5.66. The summed E-state index contributed by atoms with van der Waals surface area (Å²) in [4.78, 5) is 14.1. The van der Waals surface area contributed by atoms with Crippen molar-refractivity contribution in [3.05, 3.63) is 0 Å². The van der Waals surface area contributed by atoms with Gasteiger partial charge in [0.1, 0.15) is 0 Å². The average Bonchev–Trinajstić information content (AvgIpc) is 3.10. The Hall–Kier alpha value is -0.770. The number of hydrogen-bond acceptors (Lipinski definition) is 2. The van der Waals surface area contributed by atoms with E-state index in [0.29, 0.717) is 18.0 Å². The fraction of sp³-hybridized carbons (Fsp3) is 0.923. The summed E-state index contributed by atoms with van der Waals surface area (Å²) >= 11 is 0. The summed E-state index contributed by atoms with van der Waals surface area (Å²) in [5.74, 6) is 0.670. The van der Waals surface area contributed by atoms with Crippen molar-refractivity contribution in [2.24, 2.45) is 5.92 Å². The van der Waals surface area contributed by atoms with Gasteiger partial charge >= 0.3 is 6.03 Å². The molecule has 1 heterocycles. The molecular formula is C13H25N3O. The molecule has 0 aromatic rings. The van der Waals surface area contributed by atoms with Gasteiger partial charge in [0, 0.05) is 18.6 Å². The van der Waals surface area contributed by atoms with Gasteiger partial charge in [0.25, 0.3) is 0 Å². The van der Waals surface area contributed by atoms with Gasteiger partial charge in [0.05, 0.1) is 0 Å². The quantitative estimate of drug-likeness (QED) is 0.782. The molecule has 2 aliphatic rings. The first-order valence-corrected chi connectivity index (χ1v) is 6.94. The summed E-state index contributed by atoms with van der Waals surface area (Å²) in [7, 11) is 0. The first kappa shape index (κ1) is 12.7. The van der Waals surface area contributed by atoms with Crippen LogP contribution >= 0.6 is 0 Å². The van der Waals surface area contributed by atoms with Crippen LogP contribution in [0, 0.1) is 5.92 Å². The van der Waals surface area contributed by atoms with E-state index < -0.39 is 0 Å². The number of carbonyl (C=O) groups excluding carboxylic acids is 1. The third-order valence-corrected chi connectivity index (χ3v) is 3.70. The van der Waals surface area contributed by atoms with Crippen LogP contribution in [0.4, 0.5) is 4.79 Å². The minimum absolute atomic E-state index is 0.140. The highest BCUT2D eigenvalue weighted by Crippen LogP contribution is 2.20. The second-order valence-corrected chi connectivity index (χ2v) is 5.66. The Morgan fingerprint density at radius 1 is 1.29 bits per heavy atom. The molecule has 0 aromatic carbocycles. The summed E-state index contributed by atoms with van der Waals surface area (Å²) in [5.41, 5.74) is 0. The van der Waals surface area contributed by atoms with Crippen LogP contribution < -0.4 is 10.6 Å². The molecule has 2 N–H and O–H groups in total. The largest absolute Gasteiger partial charge is 0.335 e. The second kappa shape index (κ2) is 5.71. The molecule has 0 bridgehead atoms. The van der Waals surface area contributed by atoms with Crippen molar-refractivity contribution < 1.29 is 4.79 Å². The summed E-state index contributed by atoms with van der Waals surface area (Å²) in [6, 6.07) is 0.890. The molecule has 98 valence electrons. The number of rotatable bonds is 4. The standard InChI is InChI=1S/C13H25N3O/c1-10(2)16(13(17)15-12-3-4-12)9-11-5-7-14-8-6-11/h10-12,14H,3-9H2,1-2H3,(H,15,17). The zero-order valence-corrected chi connectivity index (χ0v) is 11.0. The van der Waals surface area contributed by atoms with Gasteiger partial charge in [-0.1, -0.05) is 0 Å². The lowest BCUT2D eigenvalue weighted by molar-refractivity contribution is 0.162. The van der Waals surface area contributed by atoms with Crippen LogP contribution in [0.3, 0.4) is 0 Å². The van der Waals surface area contributed by atoms with Gasteiger partial charge in [-0.05, 0) is 58.5 Å². The lowest BCUT2D eigenvalue weighted by atomic mass is 9.97. The third kappa shape index (κ3) is 3.87. The molecule has 2 amide bonds. The first-order chi connectivity index (χ1) is 8.16. The molecule has 4 heteroatoms. The highest BCUT2D eigenvalue weighted by atomic mass is 16.2. The summed E-state index contributed by atoms with van der Waals surface area (Å²) in [5, 5.41) is 6.47. The third-order valence-electron chi connectivity index (χ3n) is 3.70. The predicted molar refractivity (Wildman–Crippen MR) is 69.0 cm³/mol. The number of carbonyl (C=O) groups is 1. The van der Waals surface area contributed by atoms with Crippen LogP contribution in [0.15, 0.2) is 0 Å². The number of nitrogens with one attached hydrogen (secondary N) is 2. The smallest absolute Gasteiger partial charge is 0.317 e. The Kier molecular flexibility index (Phi) is 4.26. The summed E-state index contributed by atoms with van der Waals surface area (Å²) in [6.07, 6.45) is 4.70. The van der Waals surface area contributed by atoms with E-state index in [2.05, 4.69) is 24.5 Å². The monoisotopic (exact) mass is 239 g/mol. The maximum Gasteiger partial charge on any atom is 0.317 e. The van der Waals surface area contributed by atoms with E-state index in [-0.39, 0.29) is 6.03 Å². The fourth-order valence-corrected chi connectivity index (χ4v) is 2.36. The number of hydrogen-bond donors (Lipinski definition) is 2. The number of amides is 2. The van der Waals surface area contributed by atoms with Crippen LogP contribution in [0.1, 0.15) is 39.5 Å². The molecule has 1 aliphatic heterocycles. The van der Waals surface area contributed by atoms with Gasteiger partial charge < -0.3 is 15.5 Å². The van der Waals surface area contributed by atoms with Gasteiger partial charge in [-0.15, -0.1) is 0 Å². The van der Waals surface area contributed by atoms with Crippen molar-refractivity contribution in [2.45, 2.75) is 51.6 Å². The molecule has 0 aromatic heterocycles. The maximum atomic E-state index is 12.1. The van der Waals surface area contributed by atoms with Crippen molar-refractivity contribution in [3.63, 3.8) is 0 Å². The fourth-order valence-electron chi connectivity index (χ4n) is 2.36. The van der Waals surface area contributed by atoms with Crippen LogP contribution in [0.25, 0.3) is 0 Å². The van der Waals surface area contributed by atoms with E-state index in [1.807, 2.05) is 4.90 Å². The van der Waals surface area contributed by atoms with Crippen LogP contribution in [0.5, 0.6) is 0 Å². The van der Waals surface area contributed by atoms with E-state index in [1.165, 1.54) is 12.8 Å². The van der Waals surface area contributed by atoms with E-state index in [1.54, 1.807) is 0 Å². The molecule has 0 radical (unpaired) electrons. The van der Waals surface area contributed by atoms with Crippen molar-refractivity contribution in [1.29, 1.82) is 0 Å². The molecule has 2 rings (SSSR count). The molecule has 17 heavy (non-hydrogen) atoms. The zero-order valence-electron chi connectivity index (χ0n) is 11.0. The maximum absolute atomic E-state index is 12.1. The normalized spacial score (nSPS) is 21.6. The molecule has 0 atom stereocenters. The SMILES string of the molecule is CC(C)N(CC1CCNCC1)C(=O)NC1CC1. The Morgan fingerprint density at radius 2 is 1.94 bits per heavy atom. The Bertz CT molecular complexity index is 257. The molecule has 4 nitrogen and oxygen atoms in total. The number of piperidine rings is 1. The molecule has 1 saturated heterocycles. The highest BCUT2D eigenvalue weighted by Gasteiger charge is 2.28. The molecule has 2 fully saturated rings. The minimum Gasteiger partial charge on any atom is -0.335 e. The van der Waals surface area contributed by atoms with Crippen LogP contribution in [0.2, 0.25) is 0 Å². The summed E-state index contributed by atoms with van der Waals surface area (Å²) in [6.45, 7) is 7.32. The van der Waals surface area contributed by atoms with Crippen molar-refractivity contribution in [1.82, 2.24) is 15.5 Å². The van der Waals surface area contributed by atoms with Gasteiger partial charge in [0.15, 0.2) is 0 Å².